The molecule has 0 aliphatic carbocycles. The second kappa shape index (κ2) is 8.32. The minimum Gasteiger partial charge on any atom is -0.378 e. The summed E-state index contributed by atoms with van der Waals surface area (Å²) in [5.74, 6) is 0.0315. The molecule has 0 spiro atoms. The standard InChI is InChI=1S/C19H32N4O2/c1-15(2)22-10-6-11-23-16(14-22)13-18(20-23)19(24)21(3)9-4-7-17-8-5-12-25-17/h13,15,17H,4-12,14H2,1-3H3/t17-/m0/s1. The van der Waals surface area contributed by atoms with Crippen LogP contribution in [-0.2, 0) is 17.8 Å². The zero-order valence-electron chi connectivity index (χ0n) is 15.9. The van der Waals surface area contributed by atoms with Gasteiger partial charge in [-0.2, -0.15) is 5.10 Å². The van der Waals surface area contributed by atoms with E-state index >= 15 is 0 Å². The highest BCUT2D eigenvalue weighted by atomic mass is 16.5. The molecule has 140 valence electrons. The second-order valence-corrected chi connectivity index (χ2v) is 7.67. The Labute approximate surface area is 151 Å². The second-order valence-electron chi connectivity index (χ2n) is 7.67. The molecule has 1 fully saturated rings. The largest absolute Gasteiger partial charge is 0.378 e. The van der Waals surface area contributed by atoms with Crippen LogP contribution in [0.1, 0.15) is 62.1 Å². The summed E-state index contributed by atoms with van der Waals surface area (Å²) in [6, 6.07) is 2.50. The van der Waals surface area contributed by atoms with E-state index in [9.17, 15) is 4.79 Å². The van der Waals surface area contributed by atoms with Gasteiger partial charge in [-0.1, -0.05) is 0 Å². The van der Waals surface area contributed by atoms with E-state index in [1.165, 1.54) is 6.42 Å². The number of aromatic nitrogens is 2. The lowest BCUT2D eigenvalue weighted by molar-refractivity contribution is 0.0757. The topological polar surface area (TPSA) is 50.6 Å². The number of ether oxygens (including phenoxy) is 1. The van der Waals surface area contributed by atoms with E-state index in [1.54, 1.807) is 4.90 Å². The minimum atomic E-state index is 0.0315. The predicted molar refractivity (Wildman–Crippen MR) is 97.6 cm³/mol. The summed E-state index contributed by atoms with van der Waals surface area (Å²) in [5.41, 5.74) is 1.74. The molecule has 2 aliphatic rings. The van der Waals surface area contributed by atoms with Crippen LogP contribution in [0.2, 0.25) is 0 Å². The maximum Gasteiger partial charge on any atom is 0.274 e. The average Bonchev–Trinajstić information content (AvgIpc) is 3.19. The van der Waals surface area contributed by atoms with Crippen LogP contribution in [0.25, 0.3) is 0 Å². The molecule has 6 nitrogen and oxygen atoms in total. The molecule has 3 heterocycles. The van der Waals surface area contributed by atoms with Gasteiger partial charge in [0, 0.05) is 45.9 Å². The SMILES string of the molecule is CC(C)N1CCCn2nc(C(=O)N(C)CCC[C@H]3CCCO3)cc2C1. The fourth-order valence-corrected chi connectivity index (χ4v) is 3.76. The van der Waals surface area contributed by atoms with E-state index < -0.39 is 0 Å². The number of fused-ring (bicyclic) bond motifs is 1. The van der Waals surface area contributed by atoms with Gasteiger partial charge in [0.05, 0.1) is 11.8 Å². The molecule has 25 heavy (non-hydrogen) atoms. The Morgan fingerprint density at radius 1 is 1.40 bits per heavy atom. The van der Waals surface area contributed by atoms with Crippen LogP contribution >= 0.6 is 0 Å². The highest BCUT2D eigenvalue weighted by Crippen LogP contribution is 2.18. The van der Waals surface area contributed by atoms with Gasteiger partial charge in [-0.05, 0) is 52.0 Å². The van der Waals surface area contributed by atoms with Crippen molar-refractivity contribution in [2.75, 3.05) is 26.7 Å². The fourth-order valence-electron chi connectivity index (χ4n) is 3.76. The van der Waals surface area contributed by atoms with Crippen LogP contribution in [0.15, 0.2) is 6.07 Å². The third-order valence-corrected chi connectivity index (χ3v) is 5.38. The van der Waals surface area contributed by atoms with Crippen molar-refractivity contribution >= 4 is 5.91 Å². The summed E-state index contributed by atoms with van der Waals surface area (Å²) < 4.78 is 7.68. The third kappa shape index (κ3) is 4.61. The van der Waals surface area contributed by atoms with E-state index in [2.05, 4.69) is 23.8 Å². The van der Waals surface area contributed by atoms with Gasteiger partial charge in [0.2, 0.25) is 0 Å². The summed E-state index contributed by atoms with van der Waals surface area (Å²) in [4.78, 5) is 16.9. The maximum absolute atomic E-state index is 12.7. The van der Waals surface area contributed by atoms with Gasteiger partial charge in [0.15, 0.2) is 5.69 Å². The summed E-state index contributed by atoms with van der Waals surface area (Å²) in [5, 5.41) is 4.59. The highest BCUT2D eigenvalue weighted by molar-refractivity contribution is 5.92. The molecule has 3 rings (SSSR count). The van der Waals surface area contributed by atoms with Gasteiger partial charge < -0.3 is 9.64 Å². The number of hydrogen-bond acceptors (Lipinski definition) is 4. The Kier molecular flexibility index (Phi) is 6.12. The molecule has 6 heteroatoms. The number of carbonyl (C=O) groups is 1. The first kappa shape index (κ1) is 18.4. The molecule has 0 unspecified atom stereocenters. The highest BCUT2D eigenvalue weighted by Gasteiger charge is 2.22. The number of nitrogens with zero attached hydrogens (tertiary/aromatic N) is 4. The molecular formula is C19H32N4O2. The number of hydrogen-bond donors (Lipinski definition) is 0. The first-order valence-corrected chi connectivity index (χ1v) is 9.72. The first-order chi connectivity index (χ1) is 12.0. The van der Waals surface area contributed by atoms with Crippen LogP contribution in [0.3, 0.4) is 0 Å². The van der Waals surface area contributed by atoms with Crippen LogP contribution in [-0.4, -0.2) is 64.4 Å². The molecule has 2 aliphatic heterocycles. The zero-order chi connectivity index (χ0) is 17.8. The smallest absolute Gasteiger partial charge is 0.274 e. The van der Waals surface area contributed by atoms with Crippen molar-refractivity contribution in [3.05, 3.63) is 17.5 Å². The van der Waals surface area contributed by atoms with Gasteiger partial charge in [-0.3, -0.25) is 14.4 Å². The van der Waals surface area contributed by atoms with Crippen LogP contribution < -0.4 is 0 Å². The number of rotatable bonds is 6. The van der Waals surface area contributed by atoms with Crippen molar-refractivity contribution in [3.8, 4) is 0 Å². The average molecular weight is 348 g/mol. The minimum absolute atomic E-state index is 0.0315. The quantitative estimate of drug-likeness (QED) is 0.793. The Balaban J connectivity index is 1.56. The van der Waals surface area contributed by atoms with Crippen molar-refractivity contribution < 1.29 is 9.53 Å². The lowest BCUT2D eigenvalue weighted by Crippen LogP contribution is -2.30. The molecule has 1 aromatic rings. The number of aryl methyl sites for hydroxylation is 1. The third-order valence-electron chi connectivity index (χ3n) is 5.38. The molecule has 1 saturated heterocycles. The van der Waals surface area contributed by atoms with Gasteiger partial charge in [-0.25, -0.2) is 0 Å². The Bertz CT molecular complexity index is 578. The molecule has 0 bridgehead atoms. The molecule has 1 atom stereocenters. The van der Waals surface area contributed by atoms with Gasteiger partial charge in [0.25, 0.3) is 5.91 Å². The maximum atomic E-state index is 12.7. The molecular weight excluding hydrogens is 316 g/mol. The van der Waals surface area contributed by atoms with Gasteiger partial charge >= 0.3 is 0 Å². The first-order valence-electron chi connectivity index (χ1n) is 9.72. The zero-order valence-corrected chi connectivity index (χ0v) is 15.9. The molecule has 0 saturated carbocycles. The molecule has 1 aromatic heterocycles. The Morgan fingerprint density at radius 3 is 2.96 bits per heavy atom. The summed E-state index contributed by atoms with van der Waals surface area (Å²) >= 11 is 0. The van der Waals surface area contributed by atoms with Gasteiger partial charge in [0.1, 0.15) is 0 Å². The van der Waals surface area contributed by atoms with E-state index in [-0.39, 0.29) is 5.91 Å². The van der Waals surface area contributed by atoms with Crippen molar-refractivity contribution in [2.24, 2.45) is 0 Å². The van der Waals surface area contributed by atoms with Crippen LogP contribution in [0.5, 0.6) is 0 Å². The number of carbonyl (C=O) groups excluding carboxylic acids is 1. The molecule has 0 aromatic carbocycles. The van der Waals surface area contributed by atoms with Crippen molar-refractivity contribution in [2.45, 2.75) is 71.2 Å². The van der Waals surface area contributed by atoms with Crippen molar-refractivity contribution in [1.29, 1.82) is 0 Å². The van der Waals surface area contributed by atoms with Crippen molar-refractivity contribution in [3.63, 3.8) is 0 Å². The number of amides is 1. The summed E-state index contributed by atoms with van der Waals surface area (Å²) in [6.07, 6.45) is 5.85. The van der Waals surface area contributed by atoms with E-state index in [4.69, 9.17) is 4.74 Å². The predicted octanol–water partition coefficient (Wildman–Crippen LogP) is 2.53. The lowest BCUT2D eigenvalue weighted by Gasteiger charge is -2.23. The van der Waals surface area contributed by atoms with Crippen LogP contribution in [0.4, 0.5) is 0 Å². The van der Waals surface area contributed by atoms with Gasteiger partial charge in [-0.15, -0.1) is 0 Å². The summed E-state index contributed by atoms with van der Waals surface area (Å²) in [7, 11) is 1.88. The van der Waals surface area contributed by atoms with E-state index in [1.807, 2.05) is 17.8 Å². The normalized spacial score (nSPS) is 21.4. The Morgan fingerprint density at radius 2 is 2.24 bits per heavy atom. The monoisotopic (exact) mass is 348 g/mol. The fraction of sp³-hybridized carbons (Fsp3) is 0.789. The Hall–Kier alpha value is -1.40. The lowest BCUT2D eigenvalue weighted by atomic mass is 10.1. The van der Waals surface area contributed by atoms with Crippen molar-refractivity contribution in [1.82, 2.24) is 19.6 Å². The molecule has 1 amide bonds. The molecule has 0 radical (unpaired) electrons. The van der Waals surface area contributed by atoms with E-state index in [0.29, 0.717) is 17.8 Å². The molecule has 0 N–H and O–H groups in total. The summed E-state index contributed by atoms with van der Waals surface area (Å²) in [6.45, 7) is 8.97. The van der Waals surface area contributed by atoms with E-state index in [0.717, 1.165) is 64.2 Å². The van der Waals surface area contributed by atoms with Crippen LogP contribution in [0, 0.1) is 0 Å².